The van der Waals surface area contributed by atoms with E-state index in [1.54, 1.807) is 0 Å². The van der Waals surface area contributed by atoms with Crippen molar-refractivity contribution in [1.29, 1.82) is 0 Å². The summed E-state index contributed by atoms with van der Waals surface area (Å²) in [5.41, 5.74) is 0. The van der Waals surface area contributed by atoms with E-state index in [-0.39, 0.29) is 11.6 Å². The second-order valence-electron chi connectivity index (χ2n) is 6.14. The molecule has 0 aliphatic carbocycles. The third-order valence-corrected chi connectivity index (χ3v) is 8.27. The van der Waals surface area contributed by atoms with Gasteiger partial charge in [0.15, 0.2) is 20.6 Å². The van der Waals surface area contributed by atoms with Gasteiger partial charge in [-0.05, 0) is 18.1 Å². The summed E-state index contributed by atoms with van der Waals surface area (Å²) in [4.78, 5) is 11.3. The van der Waals surface area contributed by atoms with Crippen molar-refractivity contribution in [2.45, 2.75) is 57.3 Å². The summed E-state index contributed by atoms with van der Waals surface area (Å²) in [6, 6.07) is 0. The molecule has 0 amide bonds. The summed E-state index contributed by atoms with van der Waals surface area (Å²) in [5, 5.41) is -0.00390. The first-order valence-corrected chi connectivity index (χ1v) is 9.02. The molecule has 0 aromatic rings. The highest BCUT2D eigenvalue weighted by atomic mass is 28.4. The number of methoxy groups -OCH3 is 1. The molecule has 0 bridgehead atoms. The SMILES string of the molecule is COC(=O)[C@@H]1OCC(O[Si](C)(C)C(C)(C)C)[C@@H]1F. The van der Waals surface area contributed by atoms with Gasteiger partial charge in [-0.1, -0.05) is 20.8 Å². The number of ether oxygens (including phenoxy) is 2. The van der Waals surface area contributed by atoms with Crippen LogP contribution < -0.4 is 0 Å². The summed E-state index contributed by atoms with van der Waals surface area (Å²) in [5.74, 6) is -0.677. The lowest BCUT2D eigenvalue weighted by molar-refractivity contribution is -0.153. The molecule has 106 valence electrons. The van der Waals surface area contributed by atoms with Crippen LogP contribution in [-0.4, -0.2) is 46.4 Å². The number of carbonyl (C=O) groups excluding carboxylic acids is 1. The fourth-order valence-corrected chi connectivity index (χ4v) is 2.85. The molecule has 1 aliphatic heterocycles. The number of hydrogen-bond donors (Lipinski definition) is 0. The smallest absolute Gasteiger partial charge is 0.338 e. The Morgan fingerprint density at radius 2 is 1.94 bits per heavy atom. The predicted molar refractivity (Wildman–Crippen MR) is 68.7 cm³/mol. The van der Waals surface area contributed by atoms with Crippen LogP contribution in [0.3, 0.4) is 0 Å². The maximum Gasteiger partial charge on any atom is 0.338 e. The van der Waals surface area contributed by atoms with Gasteiger partial charge in [-0.2, -0.15) is 0 Å². The molecule has 1 saturated heterocycles. The van der Waals surface area contributed by atoms with Crippen molar-refractivity contribution in [3.05, 3.63) is 0 Å². The molecule has 3 atom stereocenters. The average Bonchev–Trinajstić information content (AvgIpc) is 2.57. The summed E-state index contributed by atoms with van der Waals surface area (Å²) >= 11 is 0. The Hall–Kier alpha value is -0.463. The van der Waals surface area contributed by atoms with Crippen molar-refractivity contribution in [3.8, 4) is 0 Å². The van der Waals surface area contributed by atoms with Crippen LogP contribution in [0.15, 0.2) is 0 Å². The zero-order chi connectivity index (χ0) is 14.1. The van der Waals surface area contributed by atoms with Gasteiger partial charge in [-0.3, -0.25) is 0 Å². The van der Waals surface area contributed by atoms with Crippen molar-refractivity contribution >= 4 is 14.3 Å². The molecule has 1 heterocycles. The number of carbonyl (C=O) groups is 1. The normalized spacial score (nSPS) is 29.4. The van der Waals surface area contributed by atoms with Crippen LogP contribution >= 0.6 is 0 Å². The molecule has 1 aliphatic rings. The highest BCUT2D eigenvalue weighted by molar-refractivity contribution is 6.74. The lowest BCUT2D eigenvalue weighted by Gasteiger charge is -2.38. The topological polar surface area (TPSA) is 44.8 Å². The lowest BCUT2D eigenvalue weighted by Crippen LogP contribution is -2.47. The largest absolute Gasteiger partial charge is 0.467 e. The van der Waals surface area contributed by atoms with Gasteiger partial charge in [0.2, 0.25) is 0 Å². The quantitative estimate of drug-likeness (QED) is 0.587. The Morgan fingerprint density at radius 3 is 2.39 bits per heavy atom. The van der Waals surface area contributed by atoms with E-state index >= 15 is 0 Å². The van der Waals surface area contributed by atoms with E-state index in [0.717, 1.165) is 0 Å². The van der Waals surface area contributed by atoms with Gasteiger partial charge in [0.25, 0.3) is 0 Å². The van der Waals surface area contributed by atoms with Gasteiger partial charge in [0.1, 0.15) is 6.10 Å². The van der Waals surface area contributed by atoms with Gasteiger partial charge in [0, 0.05) is 0 Å². The van der Waals surface area contributed by atoms with Crippen molar-refractivity contribution in [2.24, 2.45) is 0 Å². The van der Waals surface area contributed by atoms with Crippen LogP contribution in [0.4, 0.5) is 4.39 Å². The third kappa shape index (κ3) is 3.10. The second-order valence-corrected chi connectivity index (χ2v) is 10.9. The van der Waals surface area contributed by atoms with Crippen LogP contribution in [0.25, 0.3) is 0 Å². The molecular weight excluding hydrogens is 255 g/mol. The van der Waals surface area contributed by atoms with Crippen molar-refractivity contribution in [2.75, 3.05) is 13.7 Å². The fraction of sp³-hybridized carbons (Fsp3) is 0.917. The molecule has 0 radical (unpaired) electrons. The van der Waals surface area contributed by atoms with Crippen LogP contribution in [0, 0.1) is 0 Å². The van der Waals surface area contributed by atoms with Crippen molar-refractivity contribution < 1.29 is 23.1 Å². The Morgan fingerprint density at radius 1 is 1.39 bits per heavy atom. The van der Waals surface area contributed by atoms with Crippen molar-refractivity contribution in [1.82, 2.24) is 0 Å². The standard InChI is InChI=1S/C12H23FO4Si/c1-12(2,3)18(5,6)17-8-7-16-10(9(8)13)11(14)15-4/h8-10H,7H2,1-6H3/t8?,9-,10+/m0/s1. The van der Waals surface area contributed by atoms with Crippen LogP contribution in [0.5, 0.6) is 0 Å². The highest BCUT2D eigenvalue weighted by Gasteiger charge is 2.48. The fourth-order valence-electron chi connectivity index (χ4n) is 1.55. The first-order valence-electron chi connectivity index (χ1n) is 6.11. The van der Waals surface area contributed by atoms with Gasteiger partial charge in [-0.25, -0.2) is 9.18 Å². The van der Waals surface area contributed by atoms with E-state index in [4.69, 9.17) is 9.16 Å². The summed E-state index contributed by atoms with van der Waals surface area (Å²) in [6.45, 7) is 10.4. The zero-order valence-corrected chi connectivity index (χ0v) is 13.0. The first-order chi connectivity index (χ1) is 8.10. The molecule has 0 aromatic heterocycles. The summed E-state index contributed by atoms with van der Waals surface area (Å²) < 4.78 is 29.7. The molecule has 6 heteroatoms. The summed E-state index contributed by atoms with van der Waals surface area (Å²) in [6.07, 6.45) is -3.27. The van der Waals surface area contributed by atoms with E-state index in [2.05, 4.69) is 25.5 Å². The Balaban J connectivity index is 2.69. The maximum absolute atomic E-state index is 14.1. The Bertz CT molecular complexity index is 314. The average molecular weight is 278 g/mol. The van der Waals surface area contributed by atoms with Gasteiger partial charge in [-0.15, -0.1) is 0 Å². The minimum Gasteiger partial charge on any atom is -0.467 e. The van der Waals surface area contributed by atoms with E-state index in [9.17, 15) is 9.18 Å². The number of halogens is 1. The minimum absolute atomic E-state index is 0.00390. The molecule has 1 rings (SSSR count). The van der Waals surface area contributed by atoms with E-state index in [0.29, 0.717) is 0 Å². The number of rotatable bonds is 3. The minimum atomic E-state index is -2.06. The maximum atomic E-state index is 14.1. The highest BCUT2D eigenvalue weighted by Crippen LogP contribution is 2.39. The number of hydrogen-bond acceptors (Lipinski definition) is 4. The zero-order valence-electron chi connectivity index (χ0n) is 12.0. The first kappa shape index (κ1) is 15.6. The van der Waals surface area contributed by atoms with Crippen LogP contribution in [0.2, 0.25) is 18.1 Å². The summed E-state index contributed by atoms with van der Waals surface area (Å²) in [7, 11) is -0.836. The Labute approximate surface area is 109 Å². The van der Waals surface area contributed by atoms with E-state index < -0.39 is 32.7 Å². The third-order valence-electron chi connectivity index (χ3n) is 3.77. The molecular formula is C12H23FO4Si. The molecule has 1 unspecified atom stereocenters. The molecule has 0 N–H and O–H groups in total. The predicted octanol–water partition coefficient (Wildman–Crippen LogP) is 2.29. The number of esters is 1. The lowest BCUT2D eigenvalue weighted by atomic mass is 10.2. The monoisotopic (exact) mass is 278 g/mol. The van der Waals surface area contributed by atoms with Crippen LogP contribution in [-0.2, 0) is 18.7 Å². The number of alkyl halides is 1. The Kier molecular flexibility index (Phi) is 4.56. The van der Waals surface area contributed by atoms with E-state index in [1.807, 2.05) is 13.1 Å². The molecule has 0 saturated carbocycles. The van der Waals surface area contributed by atoms with Gasteiger partial charge >= 0.3 is 5.97 Å². The van der Waals surface area contributed by atoms with Crippen LogP contribution in [0.1, 0.15) is 20.8 Å². The molecule has 4 nitrogen and oxygen atoms in total. The van der Waals surface area contributed by atoms with Gasteiger partial charge in [0.05, 0.1) is 13.7 Å². The molecule has 1 fully saturated rings. The van der Waals surface area contributed by atoms with E-state index in [1.165, 1.54) is 7.11 Å². The second kappa shape index (κ2) is 5.26. The van der Waals surface area contributed by atoms with Gasteiger partial charge < -0.3 is 13.9 Å². The molecule has 18 heavy (non-hydrogen) atoms. The molecule has 0 aromatic carbocycles. The molecule has 0 spiro atoms. The van der Waals surface area contributed by atoms with Crippen molar-refractivity contribution in [3.63, 3.8) is 0 Å².